The van der Waals surface area contributed by atoms with Gasteiger partial charge in [-0.25, -0.2) is 9.78 Å². The molecule has 1 aliphatic rings. The summed E-state index contributed by atoms with van der Waals surface area (Å²) in [5, 5.41) is 6.05. The molecule has 1 unspecified atom stereocenters. The van der Waals surface area contributed by atoms with Crippen molar-refractivity contribution in [2.75, 3.05) is 13.1 Å². The lowest BCUT2D eigenvalue weighted by Crippen LogP contribution is -2.31. The van der Waals surface area contributed by atoms with Crippen LogP contribution in [0.1, 0.15) is 53.1 Å². The number of nitrogens with zero attached hydrogens (tertiary/aromatic N) is 2. The maximum absolute atomic E-state index is 12.4. The highest BCUT2D eigenvalue weighted by Gasteiger charge is 2.22. The number of aromatic nitrogens is 2. The summed E-state index contributed by atoms with van der Waals surface area (Å²) in [5.41, 5.74) is 0.898. The van der Waals surface area contributed by atoms with Gasteiger partial charge in [0.15, 0.2) is 0 Å². The molecule has 1 fully saturated rings. The Morgan fingerprint density at radius 1 is 1.44 bits per heavy atom. The number of rotatable bonds is 5. The molecule has 2 aromatic heterocycles. The van der Waals surface area contributed by atoms with Crippen LogP contribution < -0.4 is 16.3 Å². The summed E-state index contributed by atoms with van der Waals surface area (Å²) in [6.45, 7) is 6.68. The molecule has 7 nitrogen and oxygen atoms in total. The molecular formula is C18H26Cl2N4O3. The number of carbonyl (C=O) groups excluding carboxylic acids is 1. The number of hydrogen-bond acceptors (Lipinski definition) is 5. The number of amides is 1. The third kappa shape index (κ3) is 5.57. The summed E-state index contributed by atoms with van der Waals surface area (Å²) in [6, 6.07) is 1.82. The molecule has 3 heterocycles. The van der Waals surface area contributed by atoms with Crippen molar-refractivity contribution < 1.29 is 9.21 Å². The zero-order valence-electron chi connectivity index (χ0n) is 15.5. The van der Waals surface area contributed by atoms with E-state index in [0.717, 1.165) is 38.2 Å². The van der Waals surface area contributed by atoms with Crippen molar-refractivity contribution in [3.63, 3.8) is 0 Å². The highest BCUT2D eigenvalue weighted by Crippen LogP contribution is 2.23. The Morgan fingerprint density at radius 2 is 2.22 bits per heavy atom. The van der Waals surface area contributed by atoms with Crippen LogP contribution in [0.15, 0.2) is 27.8 Å². The monoisotopic (exact) mass is 416 g/mol. The van der Waals surface area contributed by atoms with Crippen LogP contribution in [0.5, 0.6) is 0 Å². The molecule has 0 aromatic carbocycles. The minimum atomic E-state index is -0.572. The molecule has 0 aliphatic carbocycles. The Morgan fingerprint density at radius 3 is 2.81 bits per heavy atom. The van der Waals surface area contributed by atoms with Crippen molar-refractivity contribution in [3.05, 3.63) is 51.6 Å². The summed E-state index contributed by atoms with van der Waals surface area (Å²) in [7, 11) is 0. The van der Waals surface area contributed by atoms with Gasteiger partial charge in [0.1, 0.15) is 11.3 Å². The van der Waals surface area contributed by atoms with Gasteiger partial charge in [-0.15, -0.1) is 24.8 Å². The lowest BCUT2D eigenvalue weighted by Gasteiger charge is -2.22. The lowest BCUT2D eigenvalue weighted by molar-refractivity contribution is 0.0945. The third-order valence-corrected chi connectivity index (χ3v) is 4.58. The van der Waals surface area contributed by atoms with E-state index in [1.807, 2.05) is 23.8 Å². The molecule has 1 saturated heterocycles. The number of hydrogen-bond donors (Lipinski definition) is 2. The number of imidazole rings is 1. The highest BCUT2D eigenvalue weighted by atomic mass is 35.5. The first-order chi connectivity index (χ1) is 12.1. The topological polar surface area (TPSA) is 89.2 Å². The zero-order valence-corrected chi connectivity index (χ0v) is 17.1. The predicted octanol–water partition coefficient (Wildman–Crippen LogP) is 2.41. The molecule has 3 rings (SSSR count). The van der Waals surface area contributed by atoms with Crippen LogP contribution in [-0.2, 0) is 13.1 Å². The first kappa shape index (κ1) is 23.2. The lowest BCUT2D eigenvalue weighted by atomic mass is 9.95. The third-order valence-electron chi connectivity index (χ3n) is 4.58. The van der Waals surface area contributed by atoms with Crippen LogP contribution in [0.25, 0.3) is 0 Å². The maximum Gasteiger partial charge on any atom is 0.349 e. The summed E-state index contributed by atoms with van der Waals surface area (Å²) in [5.74, 6) is 0.425. The smallest absolute Gasteiger partial charge is 0.349 e. The Bertz CT molecular complexity index is 813. The molecule has 2 N–H and O–H groups in total. The number of carbonyl (C=O) groups is 1. The molecular weight excluding hydrogens is 391 g/mol. The second-order valence-corrected chi connectivity index (χ2v) is 6.42. The van der Waals surface area contributed by atoms with Gasteiger partial charge < -0.3 is 19.6 Å². The molecule has 0 bridgehead atoms. The number of piperidine rings is 1. The van der Waals surface area contributed by atoms with E-state index in [0.29, 0.717) is 11.3 Å². The highest BCUT2D eigenvalue weighted by molar-refractivity contribution is 5.95. The SMILES string of the molecule is CCn1cnc(CNC(=O)c2c(C)cc(C3CCCNC3)oc2=O)c1.Cl.Cl. The Balaban J connectivity index is 0.00000182. The van der Waals surface area contributed by atoms with E-state index in [-0.39, 0.29) is 42.8 Å². The number of aryl methyl sites for hydroxylation is 2. The Kier molecular flexibility index (Phi) is 9.02. The van der Waals surface area contributed by atoms with E-state index in [1.165, 1.54) is 0 Å². The van der Waals surface area contributed by atoms with E-state index in [4.69, 9.17) is 4.42 Å². The minimum absolute atomic E-state index is 0. The summed E-state index contributed by atoms with van der Waals surface area (Å²) in [6.07, 6.45) is 5.63. The molecule has 0 saturated carbocycles. The maximum atomic E-state index is 12.4. The van der Waals surface area contributed by atoms with Crippen molar-refractivity contribution in [2.24, 2.45) is 0 Å². The Labute approximate surface area is 170 Å². The van der Waals surface area contributed by atoms with E-state index < -0.39 is 11.5 Å². The van der Waals surface area contributed by atoms with Crippen LogP contribution in [0.2, 0.25) is 0 Å². The van der Waals surface area contributed by atoms with Gasteiger partial charge in [0.2, 0.25) is 0 Å². The van der Waals surface area contributed by atoms with Gasteiger partial charge in [-0.05, 0) is 44.9 Å². The fourth-order valence-electron chi connectivity index (χ4n) is 3.13. The van der Waals surface area contributed by atoms with Crippen molar-refractivity contribution in [1.82, 2.24) is 20.2 Å². The normalized spacial score (nSPS) is 16.1. The second kappa shape index (κ2) is 10.5. The standard InChI is InChI=1S/C18H24N4O3.2ClH/c1-3-22-10-14(21-11-22)9-20-17(23)16-12(2)7-15(25-18(16)24)13-5-4-6-19-8-13;;/h7,10-11,13,19H,3-6,8-9H2,1-2H3,(H,20,23);2*1H. The van der Waals surface area contributed by atoms with Crippen LogP contribution in [-0.4, -0.2) is 28.5 Å². The molecule has 9 heteroatoms. The van der Waals surface area contributed by atoms with Crippen molar-refractivity contribution in [2.45, 2.75) is 45.7 Å². The van der Waals surface area contributed by atoms with E-state index >= 15 is 0 Å². The Hall–Kier alpha value is -1.83. The molecule has 1 atom stereocenters. The van der Waals surface area contributed by atoms with Gasteiger partial charge in [0, 0.05) is 25.2 Å². The van der Waals surface area contributed by atoms with Gasteiger partial charge in [-0.3, -0.25) is 4.79 Å². The largest absolute Gasteiger partial charge is 0.427 e. The van der Waals surface area contributed by atoms with Gasteiger partial charge in [0.05, 0.1) is 18.6 Å². The zero-order chi connectivity index (χ0) is 17.8. The van der Waals surface area contributed by atoms with Crippen molar-refractivity contribution in [1.29, 1.82) is 0 Å². The minimum Gasteiger partial charge on any atom is -0.427 e. The second-order valence-electron chi connectivity index (χ2n) is 6.42. The van der Waals surface area contributed by atoms with Crippen LogP contribution in [0, 0.1) is 6.92 Å². The molecule has 0 spiro atoms. The van der Waals surface area contributed by atoms with Gasteiger partial charge >= 0.3 is 5.63 Å². The summed E-state index contributed by atoms with van der Waals surface area (Å²) in [4.78, 5) is 29.0. The average Bonchev–Trinajstić information content (AvgIpc) is 3.08. The average molecular weight is 417 g/mol. The molecule has 0 radical (unpaired) electrons. The first-order valence-electron chi connectivity index (χ1n) is 8.72. The fraction of sp³-hybridized carbons (Fsp3) is 0.500. The predicted molar refractivity (Wildman–Crippen MR) is 108 cm³/mol. The first-order valence-corrected chi connectivity index (χ1v) is 8.72. The van der Waals surface area contributed by atoms with E-state index in [9.17, 15) is 9.59 Å². The van der Waals surface area contributed by atoms with Crippen LogP contribution >= 0.6 is 24.8 Å². The van der Waals surface area contributed by atoms with E-state index in [1.54, 1.807) is 13.3 Å². The molecule has 1 amide bonds. The molecule has 1 aliphatic heterocycles. The van der Waals surface area contributed by atoms with Gasteiger partial charge in [-0.2, -0.15) is 0 Å². The molecule has 27 heavy (non-hydrogen) atoms. The van der Waals surface area contributed by atoms with Crippen molar-refractivity contribution in [3.8, 4) is 0 Å². The summed E-state index contributed by atoms with van der Waals surface area (Å²) >= 11 is 0. The quantitative estimate of drug-likeness (QED) is 0.780. The van der Waals surface area contributed by atoms with Crippen LogP contribution in [0.4, 0.5) is 0 Å². The molecule has 2 aromatic rings. The fourth-order valence-corrected chi connectivity index (χ4v) is 3.13. The van der Waals surface area contributed by atoms with Gasteiger partial charge in [0.25, 0.3) is 5.91 Å². The van der Waals surface area contributed by atoms with E-state index in [2.05, 4.69) is 15.6 Å². The number of nitrogens with one attached hydrogen (secondary N) is 2. The van der Waals surface area contributed by atoms with Crippen molar-refractivity contribution >= 4 is 30.7 Å². The number of halogens is 2. The van der Waals surface area contributed by atoms with Gasteiger partial charge in [-0.1, -0.05) is 0 Å². The van der Waals surface area contributed by atoms with Crippen LogP contribution in [0.3, 0.4) is 0 Å². The molecule has 150 valence electrons. The summed E-state index contributed by atoms with van der Waals surface area (Å²) < 4.78 is 7.37.